The van der Waals surface area contributed by atoms with Crippen LogP contribution < -0.4 is 4.90 Å². The Bertz CT molecular complexity index is 835. The van der Waals surface area contributed by atoms with E-state index in [-0.39, 0.29) is 0 Å². The first-order chi connectivity index (χ1) is 11.2. The molecule has 0 amide bonds. The van der Waals surface area contributed by atoms with Crippen molar-refractivity contribution in [1.29, 1.82) is 0 Å². The number of benzene rings is 1. The van der Waals surface area contributed by atoms with Crippen LogP contribution in [-0.4, -0.2) is 28.0 Å². The molecule has 118 valence electrons. The fourth-order valence-corrected chi connectivity index (χ4v) is 3.88. The number of rotatable bonds is 2. The number of nitrogens with one attached hydrogen (secondary N) is 1. The van der Waals surface area contributed by atoms with Crippen LogP contribution >= 0.6 is 15.9 Å². The molecule has 1 N–H and O–H groups in total. The second-order valence-electron chi connectivity index (χ2n) is 6.05. The summed E-state index contributed by atoms with van der Waals surface area (Å²) < 4.78 is 1.02. The average molecular weight is 371 g/mol. The van der Waals surface area contributed by atoms with Crippen molar-refractivity contribution in [2.24, 2.45) is 0 Å². The zero-order chi connectivity index (χ0) is 15.8. The summed E-state index contributed by atoms with van der Waals surface area (Å²) >= 11 is 3.74. The van der Waals surface area contributed by atoms with Crippen molar-refractivity contribution in [2.75, 3.05) is 18.0 Å². The molecule has 4 rings (SSSR count). The van der Waals surface area contributed by atoms with Crippen molar-refractivity contribution in [3.63, 3.8) is 0 Å². The van der Waals surface area contributed by atoms with Gasteiger partial charge in [-0.15, -0.1) is 0 Å². The highest BCUT2D eigenvalue weighted by atomic mass is 79.9. The predicted molar refractivity (Wildman–Crippen MR) is 97.8 cm³/mol. The van der Waals surface area contributed by atoms with Crippen LogP contribution in [0.2, 0.25) is 0 Å². The van der Waals surface area contributed by atoms with E-state index in [1.54, 1.807) is 0 Å². The number of piperidine rings is 1. The van der Waals surface area contributed by atoms with Crippen LogP contribution in [0.15, 0.2) is 34.8 Å². The highest BCUT2D eigenvalue weighted by Crippen LogP contribution is 2.37. The maximum absolute atomic E-state index is 4.74. The minimum absolute atomic E-state index is 0.817. The number of H-pyrrole nitrogens is 1. The highest BCUT2D eigenvalue weighted by molar-refractivity contribution is 9.10. The minimum Gasteiger partial charge on any atom is -0.355 e. The first-order valence-electron chi connectivity index (χ1n) is 8.10. The summed E-state index contributed by atoms with van der Waals surface area (Å²) in [6, 6.07) is 10.3. The monoisotopic (exact) mass is 370 g/mol. The van der Waals surface area contributed by atoms with Gasteiger partial charge in [-0.05, 0) is 47.7 Å². The van der Waals surface area contributed by atoms with Crippen molar-refractivity contribution in [1.82, 2.24) is 15.0 Å². The molecule has 3 heterocycles. The number of hydrogen-bond acceptors (Lipinski definition) is 3. The third-order valence-corrected chi connectivity index (χ3v) is 5.17. The Hall–Kier alpha value is -1.88. The van der Waals surface area contributed by atoms with Crippen LogP contribution in [0.25, 0.3) is 22.3 Å². The molecule has 23 heavy (non-hydrogen) atoms. The largest absolute Gasteiger partial charge is 0.355 e. The fourth-order valence-electron chi connectivity index (χ4n) is 3.27. The number of aryl methyl sites for hydroxylation is 1. The average Bonchev–Trinajstić information content (AvgIpc) is 2.93. The molecule has 3 aromatic rings. The van der Waals surface area contributed by atoms with E-state index >= 15 is 0 Å². The van der Waals surface area contributed by atoms with Gasteiger partial charge < -0.3 is 9.88 Å². The molecular weight excluding hydrogens is 352 g/mol. The normalized spacial score (nSPS) is 15.3. The van der Waals surface area contributed by atoms with E-state index in [1.807, 2.05) is 13.0 Å². The Morgan fingerprint density at radius 3 is 2.52 bits per heavy atom. The molecule has 0 saturated carbocycles. The van der Waals surface area contributed by atoms with E-state index in [0.717, 1.165) is 51.5 Å². The molecule has 0 unspecified atom stereocenters. The van der Waals surface area contributed by atoms with Gasteiger partial charge in [-0.25, -0.2) is 9.97 Å². The molecule has 0 spiro atoms. The molecule has 2 aromatic heterocycles. The van der Waals surface area contributed by atoms with Crippen molar-refractivity contribution in [3.05, 3.63) is 40.6 Å². The zero-order valence-corrected chi connectivity index (χ0v) is 14.7. The Morgan fingerprint density at radius 1 is 1.04 bits per heavy atom. The van der Waals surface area contributed by atoms with Crippen molar-refractivity contribution < 1.29 is 0 Å². The second-order valence-corrected chi connectivity index (χ2v) is 6.84. The minimum atomic E-state index is 0.817. The van der Waals surface area contributed by atoms with E-state index in [4.69, 9.17) is 4.98 Å². The van der Waals surface area contributed by atoms with E-state index < -0.39 is 0 Å². The summed E-state index contributed by atoms with van der Waals surface area (Å²) in [6.07, 6.45) is 3.78. The summed E-state index contributed by atoms with van der Waals surface area (Å²) in [5.41, 5.74) is 4.22. The first-order valence-corrected chi connectivity index (χ1v) is 8.89. The van der Waals surface area contributed by atoms with E-state index in [9.17, 15) is 0 Å². The van der Waals surface area contributed by atoms with Gasteiger partial charge in [0.25, 0.3) is 0 Å². The van der Waals surface area contributed by atoms with Gasteiger partial charge in [-0.3, -0.25) is 0 Å². The zero-order valence-electron chi connectivity index (χ0n) is 13.1. The SMILES string of the molecule is Cc1nc(N2CCCCC2)c2[nH]c(-c3ccccc3)c(Br)c2n1. The Balaban J connectivity index is 1.91. The van der Waals surface area contributed by atoms with E-state index in [2.05, 4.69) is 55.1 Å². The molecule has 1 aliphatic rings. The number of aromatic nitrogens is 3. The number of hydrogen-bond donors (Lipinski definition) is 1. The Morgan fingerprint density at radius 2 is 1.78 bits per heavy atom. The molecule has 5 heteroatoms. The Labute approximate surface area is 144 Å². The lowest BCUT2D eigenvalue weighted by Crippen LogP contribution is -2.30. The smallest absolute Gasteiger partial charge is 0.156 e. The third kappa shape index (κ3) is 2.63. The first kappa shape index (κ1) is 14.7. The van der Waals surface area contributed by atoms with Crippen LogP contribution in [0.4, 0.5) is 5.82 Å². The molecule has 1 aliphatic heterocycles. The molecular formula is C18H19BrN4. The van der Waals surface area contributed by atoms with Crippen LogP contribution in [0.5, 0.6) is 0 Å². The van der Waals surface area contributed by atoms with Crippen LogP contribution in [0.1, 0.15) is 25.1 Å². The molecule has 1 aromatic carbocycles. The molecule has 1 saturated heterocycles. The van der Waals surface area contributed by atoms with Crippen molar-refractivity contribution in [2.45, 2.75) is 26.2 Å². The van der Waals surface area contributed by atoms with Gasteiger partial charge in [0.05, 0.1) is 10.2 Å². The van der Waals surface area contributed by atoms with Gasteiger partial charge in [0.2, 0.25) is 0 Å². The van der Waals surface area contributed by atoms with E-state index in [0.29, 0.717) is 0 Å². The van der Waals surface area contributed by atoms with Gasteiger partial charge >= 0.3 is 0 Å². The predicted octanol–water partition coefficient (Wildman–Crippen LogP) is 4.69. The van der Waals surface area contributed by atoms with Crippen LogP contribution in [0.3, 0.4) is 0 Å². The summed E-state index contributed by atoms with van der Waals surface area (Å²) in [7, 11) is 0. The Kier molecular flexibility index (Phi) is 3.81. The van der Waals surface area contributed by atoms with Gasteiger partial charge in [0.15, 0.2) is 5.82 Å². The third-order valence-electron chi connectivity index (χ3n) is 4.40. The molecule has 4 nitrogen and oxygen atoms in total. The van der Waals surface area contributed by atoms with Crippen LogP contribution in [-0.2, 0) is 0 Å². The second kappa shape index (κ2) is 5.96. The molecule has 0 bridgehead atoms. The number of aromatic amines is 1. The number of nitrogens with zero attached hydrogens (tertiary/aromatic N) is 3. The lowest BCUT2D eigenvalue weighted by molar-refractivity contribution is 0.574. The number of anilines is 1. The van der Waals surface area contributed by atoms with Crippen LogP contribution in [0, 0.1) is 6.92 Å². The lowest BCUT2D eigenvalue weighted by atomic mass is 10.1. The summed E-state index contributed by atoms with van der Waals surface area (Å²) in [5, 5.41) is 0. The quantitative estimate of drug-likeness (QED) is 0.711. The number of halogens is 1. The van der Waals surface area contributed by atoms with Gasteiger partial charge in [-0.1, -0.05) is 30.3 Å². The fraction of sp³-hybridized carbons (Fsp3) is 0.333. The van der Waals surface area contributed by atoms with Gasteiger partial charge in [0.1, 0.15) is 16.9 Å². The standard InChI is InChI=1S/C18H19BrN4/c1-12-20-16-14(19)15(13-8-4-2-5-9-13)22-17(16)18(21-12)23-10-6-3-7-11-23/h2,4-5,8-9,22H,3,6-7,10-11H2,1H3. The van der Waals surface area contributed by atoms with Crippen molar-refractivity contribution in [3.8, 4) is 11.3 Å². The van der Waals surface area contributed by atoms with E-state index in [1.165, 1.54) is 19.3 Å². The van der Waals surface area contributed by atoms with Gasteiger partial charge in [0, 0.05) is 13.1 Å². The molecule has 0 aliphatic carbocycles. The summed E-state index contributed by atoms with van der Waals surface area (Å²) in [5.74, 6) is 1.85. The topological polar surface area (TPSA) is 44.8 Å². The lowest BCUT2D eigenvalue weighted by Gasteiger charge is -2.28. The number of fused-ring (bicyclic) bond motifs is 1. The maximum atomic E-state index is 4.74. The highest BCUT2D eigenvalue weighted by Gasteiger charge is 2.21. The molecule has 0 atom stereocenters. The molecule has 0 radical (unpaired) electrons. The summed E-state index contributed by atoms with van der Waals surface area (Å²) in [6.45, 7) is 4.11. The van der Waals surface area contributed by atoms with Crippen molar-refractivity contribution >= 4 is 32.8 Å². The molecule has 1 fully saturated rings. The maximum Gasteiger partial charge on any atom is 0.156 e. The van der Waals surface area contributed by atoms with Gasteiger partial charge in [-0.2, -0.15) is 0 Å². The summed E-state index contributed by atoms with van der Waals surface area (Å²) in [4.78, 5) is 15.3.